The fourth-order valence-electron chi connectivity index (χ4n) is 5.31. The standard InChI is InChI=1S/C29H35N3O3/c1-3-26-25(18-28(33)34)27(4-2)32(31-26)19-20-13-15-22(16-14-20)29(35)30-24-12-8-11-23(17-24)21-9-6-5-7-10-21/h5-7,9-10,13-16,23-24H,3-4,8,11-12,17-19H2,1-2H3,(H,30,35)(H,33,34)/t23-,24+/m0/s1. The molecule has 3 aromatic rings. The predicted octanol–water partition coefficient (Wildman–Crippen LogP) is 5.14. The summed E-state index contributed by atoms with van der Waals surface area (Å²) in [4.78, 5) is 24.3. The fraction of sp³-hybridized carbons (Fsp3) is 0.414. The number of amides is 1. The van der Waals surface area contributed by atoms with Gasteiger partial charge in [0, 0.05) is 22.9 Å². The molecular weight excluding hydrogens is 438 g/mol. The Hall–Kier alpha value is -3.41. The number of carbonyl (C=O) groups is 2. The van der Waals surface area contributed by atoms with Gasteiger partial charge in [0.15, 0.2) is 0 Å². The number of rotatable bonds is 9. The maximum Gasteiger partial charge on any atom is 0.307 e. The van der Waals surface area contributed by atoms with Gasteiger partial charge in [-0.1, -0.05) is 62.7 Å². The van der Waals surface area contributed by atoms with Crippen LogP contribution in [-0.4, -0.2) is 32.8 Å². The highest BCUT2D eigenvalue weighted by atomic mass is 16.4. The van der Waals surface area contributed by atoms with Crippen LogP contribution in [0.3, 0.4) is 0 Å². The van der Waals surface area contributed by atoms with Crippen molar-refractivity contribution >= 4 is 11.9 Å². The van der Waals surface area contributed by atoms with Crippen LogP contribution in [0, 0.1) is 0 Å². The normalized spacial score (nSPS) is 17.8. The number of aromatic nitrogens is 2. The molecule has 35 heavy (non-hydrogen) atoms. The average Bonchev–Trinajstić information content (AvgIpc) is 3.20. The molecule has 0 saturated heterocycles. The van der Waals surface area contributed by atoms with Crippen molar-refractivity contribution in [2.24, 2.45) is 0 Å². The average molecular weight is 474 g/mol. The van der Waals surface area contributed by atoms with E-state index in [1.165, 1.54) is 12.0 Å². The van der Waals surface area contributed by atoms with Crippen LogP contribution in [0.1, 0.15) is 83.9 Å². The van der Waals surface area contributed by atoms with Gasteiger partial charge in [0.1, 0.15) is 0 Å². The Morgan fingerprint density at radius 1 is 1.03 bits per heavy atom. The van der Waals surface area contributed by atoms with Crippen molar-refractivity contribution in [3.63, 3.8) is 0 Å². The molecule has 1 aliphatic rings. The van der Waals surface area contributed by atoms with Crippen LogP contribution >= 0.6 is 0 Å². The zero-order valence-electron chi connectivity index (χ0n) is 20.7. The second-order valence-corrected chi connectivity index (χ2v) is 9.45. The van der Waals surface area contributed by atoms with Gasteiger partial charge in [0.05, 0.1) is 18.7 Å². The highest BCUT2D eigenvalue weighted by molar-refractivity contribution is 5.94. The third-order valence-electron chi connectivity index (χ3n) is 7.08. The predicted molar refractivity (Wildman–Crippen MR) is 137 cm³/mol. The van der Waals surface area contributed by atoms with Crippen LogP contribution in [0.15, 0.2) is 54.6 Å². The Morgan fingerprint density at radius 2 is 1.77 bits per heavy atom. The number of hydrogen-bond donors (Lipinski definition) is 2. The summed E-state index contributed by atoms with van der Waals surface area (Å²) in [6.07, 6.45) is 5.71. The second kappa shape index (κ2) is 11.3. The zero-order chi connectivity index (χ0) is 24.8. The van der Waals surface area contributed by atoms with E-state index >= 15 is 0 Å². The highest BCUT2D eigenvalue weighted by Crippen LogP contribution is 2.32. The van der Waals surface area contributed by atoms with E-state index in [0.29, 0.717) is 24.4 Å². The molecule has 0 spiro atoms. The molecule has 2 aromatic carbocycles. The molecule has 1 aromatic heterocycles. The number of carboxylic acid groups (broad SMARTS) is 1. The summed E-state index contributed by atoms with van der Waals surface area (Å²) < 4.78 is 1.91. The molecule has 6 heteroatoms. The van der Waals surface area contributed by atoms with Gasteiger partial charge < -0.3 is 10.4 Å². The van der Waals surface area contributed by atoms with E-state index in [1.54, 1.807) is 0 Å². The lowest BCUT2D eigenvalue weighted by Gasteiger charge is -2.30. The van der Waals surface area contributed by atoms with Gasteiger partial charge in [0.25, 0.3) is 5.91 Å². The van der Waals surface area contributed by atoms with E-state index in [4.69, 9.17) is 0 Å². The first-order chi connectivity index (χ1) is 17.0. The topological polar surface area (TPSA) is 84.2 Å². The Morgan fingerprint density at radius 3 is 2.43 bits per heavy atom. The largest absolute Gasteiger partial charge is 0.481 e. The number of carboxylic acids is 1. The van der Waals surface area contributed by atoms with Crippen molar-refractivity contribution in [3.05, 3.63) is 88.2 Å². The molecule has 1 saturated carbocycles. The lowest BCUT2D eigenvalue weighted by molar-refractivity contribution is -0.136. The minimum atomic E-state index is -0.836. The number of nitrogens with one attached hydrogen (secondary N) is 1. The molecule has 0 bridgehead atoms. The second-order valence-electron chi connectivity index (χ2n) is 9.45. The van der Waals surface area contributed by atoms with Crippen molar-refractivity contribution in [3.8, 4) is 0 Å². The third-order valence-corrected chi connectivity index (χ3v) is 7.08. The summed E-state index contributed by atoms with van der Waals surface area (Å²) in [5.74, 6) is -0.364. The van der Waals surface area contributed by atoms with Gasteiger partial charge in [-0.15, -0.1) is 0 Å². The molecule has 4 rings (SSSR count). The molecule has 1 heterocycles. The van der Waals surface area contributed by atoms with E-state index in [0.717, 1.165) is 48.2 Å². The van der Waals surface area contributed by atoms with Crippen LogP contribution in [0.2, 0.25) is 0 Å². The molecular formula is C29H35N3O3. The van der Waals surface area contributed by atoms with Gasteiger partial charge in [-0.2, -0.15) is 5.10 Å². The summed E-state index contributed by atoms with van der Waals surface area (Å²) in [6, 6.07) is 18.4. The fourth-order valence-corrected chi connectivity index (χ4v) is 5.31. The maximum absolute atomic E-state index is 12.9. The highest BCUT2D eigenvalue weighted by Gasteiger charge is 2.25. The Labute approximate surface area is 207 Å². The Kier molecular flexibility index (Phi) is 8.01. The molecule has 2 atom stereocenters. The van der Waals surface area contributed by atoms with Gasteiger partial charge in [-0.3, -0.25) is 14.3 Å². The molecule has 0 aliphatic heterocycles. The lowest BCUT2D eigenvalue weighted by Crippen LogP contribution is -2.38. The van der Waals surface area contributed by atoms with Crippen molar-refractivity contribution in [2.75, 3.05) is 0 Å². The summed E-state index contributed by atoms with van der Waals surface area (Å²) in [7, 11) is 0. The van der Waals surface area contributed by atoms with E-state index in [1.807, 2.05) is 48.9 Å². The van der Waals surface area contributed by atoms with Crippen molar-refractivity contribution < 1.29 is 14.7 Å². The molecule has 0 unspecified atom stereocenters. The molecule has 1 aliphatic carbocycles. The number of benzene rings is 2. The minimum Gasteiger partial charge on any atom is -0.481 e. The Balaban J connectivity index is 1.40. The van der Waals surface area contributed by atoms with Crippen molar-refractivity contribution in [2.45, 2.75) is 77.3 Å². The van der Waals surface area contributed by atoms with Gasteiger partial charge in [-0.25, -0.2) is 0 Å². The number of nitrogens with zero attached hydrogens (tertiary/aromatic N) is 2. The van der Waals surface area contributed by atoms with Crippen LogP contribution in [0.5, 0.6) is 0 Å². The van der Waals surface area contributed by atoms with E-state index in [2.05, 4.69) is 34.7 Å². The van der Waals surface area contributed by atoms with Gasteiger partial charge in [-0.05, 0) is 61.3 Å². The Bertz CT molecular complexity index is 1150. The zero-order valence-corrected chi connectivity index (χ0v) is 20.7. The first-order valence-electron chi connectivity index (χ1n) is 12.7. The number of aryl methyl sites for hydroxylation is 1. The first-order valence-corrected chi connectivity index (χ1v) is 12.7. The smallest absolute Gasteiger partial charge is 0.307 e. The quantitative estimate of drug-likeness (QED) is 0.451. The van der Waals surface area contributed by atoms with Crippen LogP contribution in [0.25, 0.3) is 0 Å². The molecule has 2 N–H and O–H groups in total. The number of aliphatic carboxylic acids is 1. The number of carbonyl (C=O) groups excluding carboxylic acids is 1. The molecule has 1 fully saturated rings. The summed E-state index contributed by atoms with van der Waals surface area (Å²) in [5.41, 5.74) is 5.70. The van der Waals surface area contributed by atoms with Crippen LogP contribution in [0.4, 0.5) is 0 Å². The molecule has 0 radical (unpaired) electrons. The summed E-state index contributed by atoms with van der Waals surface area (Å²) in [5, 5.41) is 17.2. The summed E-state index contributed by atoms with van der Waals surface area (Å²) in [6.45, 7) is 4.58. The maximum atomic E-state index is 12.9. The molecule has 184 valence electrons. The monoisotopic (exact) mass is 473 g/mol. The van der Waals surface area contributed by atoms with Crippen molar-refractivity contribution in [1.82, 2.24) is 15.1 Å². The van der Waals surface area contributed by atoms with Crippen LogP contribution in [-0.2, 0) is 30.6 Å². The minimum absolute atomic E-state index is 0.00223. The SMILES string of the molecule is CCc1nn(Cc2ccc(C(=O)N[C@@H]3CCC[C@H](c4ccccc4)C3)cc2)c(CC)c1CC(=O)O. The van der Waals surface area contributed by atoms with Crippen molar-refractivity contribution in [1.29, 1.82) is 0 Å². The van der Waals surface area contributed by atoms with E-state index < -0.39 is 5.97 Å². The first kappa shape index (κ1) is 24.7. The summed E-state index contributed by atoms with van der Waals surface area (Å²) >= 11 is 0. The third kappa shape index (κ3) is 5.99. The molecule has 1 amide bonds. The van der Waals surface area contributed by atoms with Crippen LogP contribution < -0.4 is 5.32 Å². The lowest BCUT2D eigenvalue weighted by atomic mass is 9.81. The van der Waals surface area contributed by atoms with E-state index in [9.17, 15) is 14.7 Å². The van der Waals surface area contributed by atoms with Gasteiger partial charge >= 0.3 is 5.97 Å². The molecule has 6 nitrogen and oxygen atoms in total. The number of hydrogen-bond acceptors (Lipinski definition) is 3. The van der Waals surface area contributed by atoms with Gasteiger partial charge in [0.2, 0.25) is 0 Å². The van der Waals surface area contributed by atoms with E-state index in [-0.39, 0.29) is 18.4 Å².